The van der Waals surface area contributed by atoms with Crippen molar-refractivity contribution in [1.29, 1.82) is 0 Å². The zero-order valence-electron chi connectivity index (χ0n) is 13.7. The van der Waals surface area contributed by atoms with Gasteiger partial charge in [-0.25, -0.2) is 18.0 Å². The first-order valence-corrected chi connectivity index (χ1v) is 7.79. The van der Waals surface area contributed by atoms with Crippen molar-refractivity contribution in [2.75, 3.05) is 34.8 Å². The Hall–Kier alpha value is -2.91. The minimum Gasteiger partial charge on any atom is -0.359 e. The molecule has 0 saturated heterocycles. The maximum atomic E-state index is 13.3. The highest BCUT2D eigenvalue weighted by Crippen LogP contribution is 2.35. The summed E-state index contributed by atoms with van der Waals surface area (Å²) in [5.74, 6) is -4.61. The molecule has 0 bridgehead atoms. The van der Waals surface area contributed by atoms with Gasteiger partial charge < -0.3 is 10.2 Å². The van der Waals surface area contributed by atoms with E-state index in [4.69, 9.17) is 0 Å². The highest BCUT2D eigenvalue weighted by Gasteiger charge is 2.35. The second-order valence-corrected chi connectivity index (χ2v) is 5.86. The van der Waals surface area contributed by atoms with Crippen molar-refractivity contribution in [3.05, 3.63) is 53.8 Å². The molecule has 2 aromatic rings. The number of nitrogens with zero attached hydrogens (tertiary/aromatic N) is 2. The minimum absolute atomic E-state index is 0.0783. The molecule has 0 saturated carbocycles. The van der Waals surface area contributed by atoms with Crippen LogP contribution in [0.3, 0.4) is 0 Å². The van der Waals surface area contributed by atoms with E-state index in [9.17, 15) is 31.1 Å². The lowest BCUT2D eigenvalue weighted by Crippen LogP contribution is -2.48. The molecule has 0 atom stereocenters. The van der Waals surface area contributed by atoms with Gasteiger partial charge in [0.2, 0.25) is 0 Å². The quantitative estimate of drug-likeness (QED) is 0.605. The highest BCUT2D eigenvalue weighted by molar-refractivity contribution is 6.04. The van der Waals surface area contributed by atoms with E-state index in [0.29, 0.717) is 12.1 Å². The molecular weight excluding hydrogens is 376 g/mol. The summed E-state index contributed by atoms with van der Waals surface area (Å²) in [6.45, 7) is -1.34. The second kappa shape index (κ2) is 7.01. The van der Waals surface area contributed by atoms with Gasteiger partial charge >= 0.3 is 12.2 Å². The molecule has 2 amide bonds. The van der Waals surface area contributed by atoms with E-state index in [1.165, 1.54) is 18.2 Å². The van der Waals surface area contributed by atoms with Gasteiger partial charge in [0, 0.05) is 30.9 Å². The average molecular weight is 389 g/mol. The lowest BCUT2D eigenvalue weighted by atomic mass is 10.1. The Morgan fingerprint density at radius 1 is 1.00 bits per heavy atom. The maximum absolute atomic E-state index is 13.3. The number of para-hydroxylation sites is 2. The van der Waals surface area contributed by atoms with Gasteiger partial charge in [-0.3, -0.25) is 4.90 Å². The molecule has 0 aliphatic carbocycles. The molecule has 1 aliphatic rings. The van der Waals surface area contributed by atoms with Crippen molar-refractivity contribution in [2.45, 2.75) is 6.18 Å². The molecule has 1 N–H and O–H groups in total. The molecule has 1 heterocycles. The first kappa shape index (κ1) is 18.9. The van der Waals surface area contributed by atoms with Gasteiger partial charge in [-0.2, -0.15) is 13.2 Å². The number of alkyl halides is 3. The summed E-state index contributed by atoms with van der Waals surface area (Å²) in [6.07, 6.45) is -4.42. The normalized spacial score (nSPS) is 14.1. The average Bonchev–Trinajstić information content (AvgIpc) is 2.58. The van der Waals surface area contributed by atoms with Crippen LogP contribution >= 0.6 is 0 Å². The van der Waals surface area contributed by atoms with Gasteiger partial charge in [0.25, 0.3) is 0 Å². The Morgan fingerprint density at radius 2 is 1.59 bits per heavy atom. The molecule has 2 aromatic carbocycles. The monoisotopic (exact) mass is 389 g/mol. The topological polar surface area (TPSA) is 35.6 Å². The number of fused-ring (bicyclic) bond motifs is 1. The van der Waals surface area contributed by atoms with Crippen LogP contribution in [0.5, 0.6) is 0 Å². The molecule has 4 nitrogen and oxygen atoms in total. The summed E-state index contributed by atoms with van der Waals surface area (Å²) >= 11 is 0. The van der Waals surface area contributed by atoms with E-state index in [-0.39, 0.29) is 30.2 Å². The zero-order valence-corrected chi connectivity index (χ0v) is 13.7. The van der Waals surface area contributed by atoms with E-state index in [1.54, 1.807) is 6.07 Å². The predicted octanol–water partition coefficient (Wildman–Crippen LogP) is 4.52. The molecule has 0 unspecified atom stereocenters. The van der Waals surface area contributed by atoms with Crippen molar-refractivity contribution in [1.82, 2.24) is 0 Å². The van der Waals surface area contributed by atoms with Crippen LogP contribution in [0.4, 0.5) is 48.2 Å². The molecule has 144 valence electrons. The molecule has 0 fully saturated rings. The second-order valence-electron chi connectivity index (χ2n) is 5.86. The van der Waals surface area contributed by atoms with Gasteiger partial charge in [0.15, 0.2) is 17.5 Å². The first-order chi connectivity index (χ1) is 12.7. The summed E-state index contributed by atoms with van der Waals surface area (Å²) < 4.78 is 77.8. The number of urea groups is 1. The molecular formula is C17H13F6N3O. The maximum Gasteiger partial charge on any atom is 0.405 e. The highest BCUT2D eigenvalue weighted by atomic mass is 19.4. The number of nitrogens with one attached hydrogen (secondary N) is 1. The van der Waals surface area contributed by atoms with Crippen LogP contribution in [0.25, 0.3) is 0 Å². The van der Waals surface area contributed by atoms with Crippen molar-refractivity contribution in [3.63, 3.8) is 0 Å². The van der Waals surface area contributed by atoms with Crippen LogP contribution in [-0.2, 0) is 0 Å². The largest absolute Gasteiger partial charge is 0.405 e. The van der Waals surface area contributed by atoms with Crippen LogP contribution in [0.2, 0.25) is 0 Å². The number of carbonyl (C=O) groups excluding carboxylic acids is 1. The van der Waals surface area contributed by atoms with E-state index >= 15 is 0 Å². The van der Waals surface area contributed by atoms with E-state index in [1.807, 2.05) is 0 Å². The number of benzene rings is 2. The van der Waals surface area contributed by atoms with Crippen LogP contribution in [0.15, 0.2) is 36.4 Å². The molecule has 1 aliphatic heterocycles. The number of hydrogen-bond acceptors (Lipinski definition) is 2. The van der Waals surface area contributed by atoms with Crippen molar-refractivity contribution in [2.24, 2.45) is 0 Å². The molecule has 10 heteroatoms. The molecule has 3 rings (SSSR count). The molecule has 0 spiro atoms. The fourth-order valence-electron chi connectivity index (χ4n) is 2.83. The van der Waals surface area contributed by atoms with E-state index < -0.39 is 36.2 Å². The number of carbonyl (C=O) groups is 1. The lowest BCUT2D eigenvalue weighted by molar-refractivity contribution is -0.119. The molecule has 0 aromatic heterocycles. The number of rotatable bonds is 2. The fourth-order valence-corrected chi connectivity index (χ4v) is 2.83. The Bertz CT molecular complexity index is 847. The van der Waals surface area contributed by atoms with Crippen LogP contribution in [-0.4, -0.2) is 31.8 Å². The van der Waals surface area contributed by atoms with Crippen molar-refractivity contribution >= 4 is 23.1 Å². The third kappa shape index (κ3) is 4.09. The number of anilines is 3. The van der Waals surface area contributed by atoms with Gasteiger partial charge in [-0.1, -0.05) is 12.1 Å². The Balaban J connectivity index is 1.84. The fraction of sp³-hybridized carbons (Fsp3) is 0.235. The van der Waals surface area contributed by atoms with E-state index in [0.717, 1.165) is 9.80 Å². The summed E-state index contributed by atoms with van der Waals surface area (Å²) in [6, 6.07) is 6.41. The van der Waals surface area contributed by atoms with Crippen LogP contribution < -0.4 is 15.1 Å². The SMILES string of the molecule is O=C(Nc1cc(F)c(F)c(F)c1)N1CCN(CC(F)(F)F)c2ccccc21. The summed E-state index contributed by atoms with van der Waals surface area (Å²) in [7, 11) is 0. The first-order valence-electron chi connectivity index (χ1n) is 7.79. The predicted molar refractivity (Wildman–Crippen MR) is 87.4 cm³/mol. The smallest absolute Gasteiger partial charge is 0.359 e. The van der Waals surface area contributed by atoms with Crippen LogP contribution in [0.1, 0.15) is 0 Å². The third-order valence-corrected chi connectivity index (χ3v) is 3.96. The van der Waals surface area contributed by atoms with E-state index in [2.05, 4.69) is 5.32 Å². The van der Waals surface area contributed by atoms with Gasteiger partial charge in [-0.05, 0) is 12.1 Å². The Morgan fingerprint density at radius 3 is 2.19 bits per heavy atom. The number of hydrogen-bond donors (Lipinski definition) is 1. The lowest BCUT2D eigenvalue weighted by Gasteiger charge is -2.37. The van der Waals surface area contributed by atoms with Gasteiger partial charge in [0.1, 0.15) is 6.54 Å². The van der Waals surface area contributed by atoms with Gasteiger partial charge in [-0.15, -0.1) is 0 Å². The van der Waals surface area contributed by atoms with Crippen LogP contribution in [0, 0.1) is 17.5 Å². The van der Waals surface area contributed by atoms with Crippen molar-refractivity contribution < 1.29 is 31.1 Å². The summed E-state index contributed by atoms with van der Waals surface area (Å²) in [5, 5.41) is 2.22. The standard InChI is InChI=1S/C17H13F6N3O/c18-11-7-10(8-12(19)15(11)20)24-16(27)26-6-5-25(9-17(21,22)23)13-3-1-2-4-14(13)26/h1-4,7-8H,5-6,9H2,(H,24,27). The minimum atomic E-state index is -4.42. The summed E-state index contributed by atoms with van der Waals surface area (Å²) in [4.78, 5) is 14.7. The number of amides is 2. The summed E-state index contributed by atoms with van der Waals surface area (Å²) in [5.41, 5.74) is 0.104. The zero-order chi connectivity index (χ0) is 19.8. The Kier molecular flexibility index (Phi) is 4.90. The molecule has 27 heavy (non-hydrogen) atoms. The molecule has 0 radical (unpaired) electrons. The van der Waals surface area contributed by atoms with Crippen molar-refractivity contribution in [3.8, 4) is 0 Å². The third-order valence-electron chi connectivity index (χ3n) is 3.96. The number of halogens is 6. The Labute approximate surface area is 150 Å². The van der Waals surface area contributed by atoms with Gasteiger partial charge in [0.05, 0.1) is 11.4 Å².